The lowest BCUT2D eigenvalue weighted by Gasteiger charge is -2.09. The maximum Gasteiger partial charge on any atom is 0.248 e. The van der Waals surface area contributed by atoms with Gasteiger partial charge in [-0.1, -0.05) is 42.1 Å². The summed E-state index contributed by atoms with van der Waals surface area (Å²) in [6.45, 7) is 4.34. The van der Waals surface area contributed by atoms with Gasteiger partial charge >= 0.3 is 0 Å². The summed E-state index contributed by atoms with van der Waals surface area (Å²) >= 11 is 1.47. The third-order valence-electron chi connectivity index (χ3n) is 3.88. The van der Waals surface area contributed by atoms with Crippen LogP contribution in [0.3, 0.4) is 0 Å². The Bertz CT molecular complexity index is 990. The number of carbonyl (C=O) groups is 1. The normalized spacial score (nSPS) is 10.6. The number of hydrogen-bond donors (Lipinski definition) is 1. The van der Waals surface area contributed by atoms with Crippen LogP contribution in [0.25, 0.3) is 0 Å². The summed E-state index contributed by atoms with van der Waals surface area (Å²) in [4.78, 5) is 11.3. The molecule has 0 aliphatic heterocycles. The van der Waals surface area contributed by atoms with Crippen LogP contribution >= 0.6 is 11.8 Å². The van der Waals surface area contributed by atoms with Crippen LogP contribution in [0.1, 0.15) is 21.7 Å². The summed E-state index contributed by atoms with van der Waals surface area (Å²) < 4.78 is 21.1. The maximum atomic E-state index is 13.7. The lowest BCUT2D eigenvalue weighted by Crippen LogP contribution is -2.10. The van der Waals surface area contributed by atoms with Crippen LogP contribution in [-0.2, 0) is 18.9 Å². The summed E-state index contributed by atoms with van der Waals surface area (Å²) in [6, 6.07) is 13.3. The zero-order chi connectivity index (χ0) is 19.9. The van der Waals surface area contributed by atoms with E-state index in [0.717, 1.165) is 5.56 Å². The van der Waals surface area contributed by atoms with Crippen molar-refractivity contribution >= 4 is 17.7 Å². The zero-order valence-corrected chi connectivity index (χ0v) is 15.9. The lowest BCUT2D eigenvalue weighted by molar-refractivity contribution is 0.1000. The largest absolute Gasteiger partial charge is 0.483 e. The van der Waals surface area contributed by atoms with Crippen LogP contribution in [0.4, 0.5) is 4.39 Å². The number of allylic oxidation sites excluding steroid dienone is 1. The topological polar surface area (TPSA) is 83.0 Å². The first kappa shape index (κ1) is 19.6. The highest BCUT2D eigenvalue weighted by Gasteiger charge is 2.14. The quantitative estimate of drug-likeness (QED) is 0.440. The van der Waals surface area contributed by atoms with Gasteiger partial charge in [0.2, 0.25) is 5.91 Å². The summed E-state index contributed by atoms with van der Waals surface area (Å²) in [5, 5.41) is 9.04. The second kappa shape index (κ2) is 9.18. The van der Waals surface area contributed by atoms with Gasteiger partial charge in [0, 0.05) is 17.9 Å². The fourth-order valence-corrected chi connectivity index (χ4v) is 3.42. The average Bonchev–Trinajstić information content (AvgIpc) is 3.08. The Morgan fingerprint density at radius 3 is 2.82 bits per heavy atom. The fourth-order valence-electron chi connectivity index (χ4n) is 2.51. The van der Waals surface area contributed by atoms with E-state index in [0.29, 0.717) is 28.8 Å². The second-order valence-electron chi connectivity index (χ2n) is 5.87. The average molecular weight is 398 g/mol. The Morgan fingerprint density at radius 2 is 2.07 bits per heavy atom. The van der Waals surface area contributed by atoms with Gasteiger partial charge in [-0.25, -0.2) is 4.39 Å². The number of amides is 1. The number of primary amides is 1. The van der Waals surface area contributed by atoms with Gasteiger partial charge in [0.1, 0.15) is 6.61 Å². The van der Waals surface area contributed by atoms with Crippen LogP contribution in [0, 0.1) is 5.82 Å². The number of benzene rings is 2. The molecule has 3 rings (SSSR count). The number of para-hydroxylation sites is 1. The van der Waals surface area contributed by atoms with E-state index in [4.69, 9.17) is 10.5 Å². The number of aromatic nitrogens is 3. The van der Waals surface area contributed by atoms with Gasteiger partial charge in [0.25, 0.3) is 0 Å². The van der Waals surface area contributed by atoms with Crippen molar-refractivity contribution in [3.63, 3.8) is 0 Å². The number of nitrogens with two attached hydrogens (primary N) is 1. The highest BCUT2D eigenvalue weighted by molar-refractivity contribution is 7.98. The molecule has 1 aromatic heterocycles. The number of ether oxygens (including phenoxy) is 1. The zero-order valence-electron chi connectivity index (χ0n) is 15.0. The summed E-state index contributed by atoms with van der Waals surface area (Å²) in [5.74, 6) is 0.421. The van der Waals surface area contributed by atoms with Gasteiger partial charge in [-0.15, -0.1) is 16.8 Å². The molecule has 3 aromatic rings. The van der Waals surface area contributed by atoms with Crippen molar-refractivity contribution in [2.45, 2.75) is 24.1 Å². The number of rotatable bonds is 9. The highest BCUT2D eigenvalue weighted by Crippen LogP contribution is 2.24. The van der Waals surface area contributed by atoms with Crippen molar-refractivity contribution < 1.29 is 13.9 Å². The molecule has 0 aliphatic rings. The van der Waals surface area contributed by atoms with Crippen molar-refractivity contribution in [3.8, 4) is 5.75 Å². The van der Waals surface area contributed by atoms with Crippen LogP contribution in [0.15, 0.2) is 66.3 Å². The molecule has 0 aliphatic carbocycles. The molecule has 0 fully saturated rings. The minimum Gasteiger partial charge on any atom is -0.483 e. The SMILES string of the molecule is C=CCn1c(COc2ccccc2F)nnc1SCc1cccc(C(N)=O)c1. The number of thioether (sulfide) groups is 1. The van der Waals surface area contributed by atoms with E-state index < -0.39 is 11.7 Å². The van der Waals surface area contributed by atoms with Gasteiger partial charge in [-0.3, -0.25) is 9.36 Å². The van der Waals surface area contributed by atoms with Crippen LogP contribution in [0.2, 0.25) is 0 Å². The molecule has 0 radical (unpaired) electrons. The lowest BCUT2D eigenvalue weighted by atomic mass is 10.1. The third-order valence-corrected chi connectivity index (χ3v) is 4.92. The molecule has 8 heteroatoms. The van der Waals surface area contributed by atoms with E-state index in [1.807, 2.05) is 10.6 Å². The van der Waals surface area contributed by atoms with Gasteiger partial charge in [-0.05, 0) is 29.8 Å². The Labute approximate surface area is 166 Å². The van der Waals surface area contributed by atoms with E-state index in [1.54, 1.807) is 42.5 Å². The Balaban J connectivity index is 1.71. The fraction of sp³-hybridized carbons (Fsp3) is 0.150. The molecule has 0 saturated heterocycles. The number of carbonyl (C=O) groups excluding carboxylic acids is 1. The number of halogens is 1. The molecule has 0 saturated carbocycles. The molecule has 0 spiro atoms. The van der Waals surface area contributed by atoms with Crippen molar-refractivity contribution in [1.82, 2.24) is 14.8 Å². The van der Waals surface area contributed by atoms with Gasteiger partial charge in [0.15, 0.2) is 22.5 Å². The molecular formula is C20H19FN4O2S. The minimum atomic E-state index is -0.464. The summed E-state index contributed by atoms with van der Waals surface area (Å²) in [5.41, 5.74) is 6.73. The monoisotopic (exact) mass is 398 g/mol. The van der Waals surface area contributed by atoms with E-state index in [1.165, 1.54) is 17.8 Å². The van der Waals surface area contributed by atoms with E-state index in [-0.39, 0.29) is 12.4 Å². The van der Waals surface area contributed by atoms with Gasteiger partial charge in [0.05, 0.1) is 0 Å². The smallest absolute Gasteiger partial charge is 0.248 e. The minimum absolute atomic E-state index is 0.0828. The molecule has 1 heterocycles. The Morgan fingerprint density at radius 1 is 1.25 bits per heavy atom. The standard InChI is InChI=1S/C20H19FN4O2S/c1-2-10-25-18(12-27-17-9-4-3-8-16(17)21)23-24-20(25)28-13-14-6-5-7-15(11-14)19(22)26/h2-9,11H,1,10,12-13H2,(H2,22,26). The molecule has 144 valence electrons. The van der Waals surface area contributed by atoms with E-state index in [9.17, 15) is 9.18 Å². The number of hydrogen-bond acceptors (Lipinski definition) is 5. The van der Waals surface area contributed by atoms with E-state index in [2.05, 4.69) is 16.8 Å². The molecule has 28 heavy (non-hydrogen) atoms. The predicted molar refractivity (Wildman–Crippen MR) is 105 cm³/mol. The highest BCUT2D eigenvalue weighted by atomic mass is 32.2. The summed E-state index contributed by atoms with van der Waals surface area (Å²) in [6.07, 6.45) is 1.73. The molecule has 0 atom stereocenters. The third kappa shape index (κ3) is 4.77. The second-order valence-corrected chi connectivity index (χ2v) is 6.81. The first-order chi connectivity index (χ1) is 13.6. The molecule has 2 N–H and O–H groups in total. The molecule has 1 amide bonds. The number of nitrogens with zero attached hydrogens (tertiary/aromatic N) is 3. The molecular weight excluding hydrogens is 379 g/mol. The van der Waals surface area contributed by atoms with Crippen LogP contribution < -0.4 is 10.5 Å². The van der Waals surface area contributed by atoms with Gasteiger partial charge < -0.3 is 10.5 Å². The molecule has 0 bridgehead atoms. The van der Waals surface area contributed by atoms with Crippen molar-refractivity contribution in [2.75, 3.05) is 0 Å². The van der Waals surface area contributed by atoms with Crippen molar-refractivity contribution in [1.29, 1.82) is 0 Å². The molecule has 6 nitrogen and oxygen atoms in total. The first-order valence-electron chi connectivity index (χ1n) is 8.50. The van der Waals surface area contributed by atoms with E-state index >= 15 is 0 Å². The molecule has 2 aromatic carbocycles. The first-order valence-corrected chi connectivity index (χ1v) is 9.49. The van der Waals surface area contributed by atoms with Crippen molar-refractivity contribution in [2.24, 2.45) is 5.73 Å². The maximum absolute atomic E-state index is 13.7. The Hall–Kier alpha value is -3.13. The van der Waals surface area contributed by atoms with Crippen LogP contribution in [0.5, 0.6) is 5.75 Å². The van der Waals surface area contributed by atoms with Crippen LogP contribution in [-0.4, -0.2) is 20.7 Å². The summed E-state index contributed by atoms with van der Waals surface area (Å²) in [7, 11) is 0. The Kier molecular flexibility index (Phi) is 6.44. The molecule has 0 unspecified atom stereocenters. The van der Waals surface area contributed by atoms with Gasteiger partial charge in [-0.2, -0.15) is 0 Å². The predicted octanol–water partition coefficient (Wildman–Crippen LogP) is 3.57. The van der Waals surface area contributed by atoms with Crippen molar-refractivity contribution in [3.05, 3.63) is 84.0 Å².